The molecule has 1 saturated carbocycles. The summed E-state index contributed by atoms with van der Waals surface area (Å²) < 4.78 is 6.37. The van der Waals surface area contributed by atoms with Gasteiger partial charge in [-0.05, 0) is 78.9 Å². The monoisotopic (exact) mass is 810 g/mol. The highest BCUT2D eigenvalue weighted by Gasteiger charge is 2.64. The number of nitriles is 1. The number of benzene rings is 3. The first kappa shape index (κ1) is 38.9. The Kier molecular flexibility index (Phi) is 9.65. The minimum absolute atomic E-state index is 0.0788. The van der Waals surface area contributed by atoms with Crippen LogP contribution in [0, 0.1) is 22.2 Å². The fraction of sp³-hybridized carbons (Fsp3) is 0.442. The highest BCUT2D eigenvalue weighted by molar-refractivity contribution is 6.31. The van der Waals surface area contributed by atoms with Crippen LogP contribution in [0.2, 0.25) is 5.02 Å². The number of anilines is 1. The SMILES string of the molecule is CC1(C)[C@H](NC(=O)c2ccc(N3CCC(Cl)(CN4Cc5cc6c(cc5C4)C(=O)N(C4CCC(=O)NC4=O)C6=O)CC3)cc2)C(C)(C)[C@H]1Oc1ccc(C#N)c(Cl)c1. The summed E-state index contributed by atoms with van der Waals surface area (Å²) in [7, 11) is 0. The topological polar surface area (TPSA) is 152 Å². The molecule has 5 aliphatic rings. The van der Waals surface area contributed by atoms with Crippen molar-refractivity contribution < 1.29 is 28.7 Å². The summed E-state index contributed by atoms with van der Waals surface area (Å²) >= 11 is 13.5. The molecule has 0 spiro atoms. The number of fused-ring (bicyclic) bond motifs is 2. The lowest BCUT2D eigenvalue weighted by atomic mass is 9.49. The lowest BCUT2D eigenvalue weighted by Gasteiger charge is -2.63. The third kappa shape index (κ3) is 6.83. The first-order chi connectivity index (χ1) is 27.0. The van der Waals surface area contributed by atoms with Gasteiger partial charge in [0.1, 0.15) is 24.0 Å². The maximum absolute atomic E-state index is 13.5. The number of halogens is 2. The summed E-state index contributed by atoms with van der Waals surface area (Å²) in [5, 5.41) is 15.0. The Hall–Kier alpha value is -4.96. The molecule has 3 aromatic carbocycles. The molecule has 296 valence electrons. The van der Waals surface area contributed by atoms with E-state index in [1.807, 2.05) is 24.3 Å². The summed E-state index contributed by atoms with van der Waals surface area (Å²) in [5.41, 5.74) is 3.75. The molecule has 2 N–H and O–H groups in total. The molecule has 12 nitrogen and oxygen atoms in total. The van der Waals surface area contributed by atoms with Gasteiger partial charge in [0.25, 0.3) is 17.7 Å². The molecule has 5 amide bonds. The lowest BCUT2D eigenvalue weighted by molar-refractivity contribution is -0.164. The minimum Gasteiger partial charge on any atom is -0.489 e. The van der Waals surface area contributed by atoms with E-state index in [9.17, 15) is 29.2 Å². The maximum atomic E-state index is 13.5. The molecule has 0 radical (unpaired) electrons. The van der Waals surface area contributed by atoms with Crippen LogP contribution < -0.4 is 20.3 Å². The van der Waals surface area contributed by atoms with Crippen LogP contribution in [-0.2, 0) is 22.7 Å². The highest BCUT2D eigenvalue weighted by Crippen LogP contribution is 2.55. The second-order valence-electron chi connectivity index (χ2n) is 17.2. The smallest absolute Gasteiger partial charge is 0.262 e. The van der Waals surface area contributed by atoms with E-state index in [0.717, 1.165) is 47.6 Å². The quantitative estimate of drug-likeness (QED) is 0.212. The van der Waals surface area contributed by atoms with E-state index in [1.54, 1.807) is 30.3 Å². The van der Waals surface area contributed by atoms with Crippen LogP contribution in [-0.4, -0.2) is 82.0 Å². The molecule has 1 unspecified atom stereocenters. The van der Waals surface area contributed by atoms with Gasteiger partial charge < -0.3 is 15.0 Å². The number of rotatable bonds is 8. The zero-order chi connectivity index (χ0) is 40.6. The zero-order valence-electron chi connectivity index (χ0n) is 32.3. The zero-order valence-corrected chi connectivity index (χ0v) is 33.8. The van der Waals surface area contributed by atoms with Crippen LogP contribution in [0.15, 0.2) is 54.6 Å². The number of hydrogen-bond donors (Lipinski definition) is 2. The molecule has 14 heteroatoms. The molecule has 8 rings (SSSR count). The van der Waals surface area contributed by atoms with Gasteiger partial charge in [-0.25, -0.2) is 0 Å². The second-order valence-corrected chi connectivity index (χ2v) is 18.5. The summed E-state index contributed by atoms with van der Waals surface area (Å²) in [6.07, 6.45) is 1.50. The van der Waals surface area contributed by atoms with Crippen molar-refractivity contribution in [2.45, 2.75) is 89.5 Å². The van der Waals surface area contributed by atoms with Crippen LogP contribution >= 0.6 is 23.2 Å². The normalized spacial score (nSPS) is 24.6. The molecule has 57 heavy (non-hydrogen) atoms. The van der Waals surface area contributed by atoms with E-state index in [-0.39, 0.29) is 41.7 Å². The number of alkyl halides is 1. The van der Waals surface area contributed by atoms with Crippen molar-refractivity contribution in [1.29, 1.82) is 5.26 Å². The molecule has 4 aliphatic heterocycles. The molecule has 2 saturated heterocycles. The van der Waals surface area contributed by atoms with Gasteiger partial charge in [0.2, 0.25) is 11.8 Å². The predicted molar refractivity (Wildman–Crippen MR) is 213 cm³/mol. The Balaban J connectivity index is 0.838. The van der Waals surface area contributed by atoms with Crippen LogP contribution in [0.4, 0.5) is 5.69 Å². The van der Waals surface area contributed by atoms with Gasteiger partial charge in [-0.15, -0.1) is 11.6 Å². The molecular formula is C43H44Cl2N6O6. The number of hydrogen-bond acceptors (Lipinski definition) is 9. The van der Waals surface area contributed by atoms with Gasteiger partial charge in [-0.2, -0.15) is 5.26 Å². The number of imide groups is 2. The van der Waals surface area contributed by atoms with E-state index < -0.39 is 34.5 Å². The van der Waals surface area contributed by atoms with Gasteiger partial charge in [0.05, 0.1) is 26.6 Å². The Labute approximate surface area is 341 Å². The van der Waals surface area contributed by atoms with E-state index in [0.29, 0.717) is 52.7 Å². The standard InChI is InChI=1S/C43H44Cl2N6O6/c1-41(2)39(42(3,4)40(41)57-29-10-7-25(20-46)32(44)19-29)48-35(53)24-5-8-28(9-6-24)50-15-13-43(45,14-16-50)23-49-21-26-17-30-31(18-27(26)22-49)38(56)51(37(30)55)33-11-12-34(52)47-36(33)54/h5-10,17-19,33,39-40H,11-16,21-23H2,1-4H3,(H,48,53)(H,47,52,54)/t33?,39-,40-. The van der Waals surface area contributed by atoms with Gasteiger partial charge in [-0.3, -0.25) is 39.1 Å². The number of carbonyl (C=O) groups is 5. The molecule has 1 aliphatic carbocycles. The van der Waals surface area contributed by atoms with E-state index in [4.69, 9.17) is 27.9 Å². The average Bonchev–Trinajstić information content (AvgIpc) is 3.67. The van der Waals surface area contributed by atoms with Crippen molar-refractivity contribution in [2.75, 3.05) is 24.5 Å². The van der Waals surface area contributed by atoms with Gasteiger partial charge in [0.15, 0.2) is 0 Å². The number of amides is 5. The number of nitrogens with one attached hydrogen (secondary N) is 2. The lowest BCUT2D eigenvalue weighted by Crippen LogP contribution is -2.74. The van der Waals surface area contributed by atoms with Gasteiger partial charge >= 0.3 is 0 Å². The number of nitrogens with zero attached hydrogens (tertiary/aromatic N) is 4. The highest BCUT2D eigenvalue weighted by atomic mass is 35.5. The van der Waals surface area contributed by atoms with Crippen molar-refractivity contribution in [3.05, 3.63) is 93.0 Å². The average molecular weight is 812 g/mol. The molecular weight excluding hydrogens is 767 g/mol. The van der Waals surface area contributed by atoms with Crippen LogP contribution in [0.1, 0.15) is 101 Å². The Morgan fingerprint density at radius 3 is 2.11 bits per heavy atom. The number of piperidine rings is 2. The Morgan fingerprint density at radius 1 is 0.930 bits per heavy atom. The molecule has 4 heterocycles. The Morgan fingerprint density at radius 2 is 1.54 bits per heavy atom. The Bertz CT molecular complexity index is 2200. The first-order valence-corrected chi connectivity index (χ1v) is 20.1. The molecule has 3 fully saturated rings. The summed E-state index contributed by atoms with van der Waals surface area (Å²) in [6.45, 7) is 11.6. The van der Waals surface area contributed by atoms with Crippen LogP contribution in [0.5, 0.6) is 5.75 Å². The van der Waals surface area contributed by atoms with Crippen molar-refractivity contribution in [3.8, 4) is 11.8 Å². The third-order valence-corrected chi connectivity index (χ3v) is 13.4. The summed E-state index contributed by atoms with van der Waals surface area (Å²) in [4.78, 5) is 69.4. The van der Waals surface area contributed by atoms with Crippen molar-refractivity contribution in [1.82, 2.24) is 20.4 Å². The summed E-state index contributed by atoms with van der Waals surface area (Å²) in [6, 6.07) is 17.2. The van der Waals surface area contributed by atoms with E-state index >= 15 is 0 Å². The van der Waals surface area contributed by atoms with Gasteiger partial charge in [0, 0.05) is 73.3 Å². The van der Waals surface area contributed by atoms with Gasteiger partial charge in [-0.1, -0.05) is 39.3 Å². The first-order valence-electron chi connectivity index (χ1n) is 19.3. The molecule has 3 aromatic rings. The predicted octanol–water partition coefficient (Wildman–Crippen LogP) is 5.82. The number of carbonyl (C=O) groups excluding carboxylic acids is 5. The molecule has 0 bridgehead atoms. The van der Waals surface area contributed by atoms with Crippen molar-refractivity contribution >= 4 is 58.4 Å². The molecule has 0 aromatic heterocycles. The van der Waals surface area contributed by atoms with Crippen LogP contribution in [0.3, 0.4) is 0 Å². The van der Waals surface area contributed by atoms with Crippen molar-refractivity contribution in [2.24, 2.45) is 10.8 Å². The fourth-order valence-corrected chi connectivity index (χ4v) is 10.5. The van der Waals surface area contributed by atoms with E-state index in [2.05, 4.69) is 54.2 Å². The third-order valence-electron chi connectivity index (χ3n) is 12.6. The number of ether oxygens (including phenoxy) is 1. The minimum atomic E-state index is -0.989. The van der Waals surface area contributed by atoms with E-state index in [1.165, 1.54) is 0 Å². The maximum Gasteiger partial charge on any atom is 0.262 e. The fourth-order valence-electron chi connectivity index (χ4n) is 9.91. The largest absolute Gasteiger partial charge is 0.489 e. The molecule has 1 atom stereocenters. The summed E-state index contributed by atoms with van der Waals surface area (Å²) in [5.74, 6) is -1.59. The van der Waals surface area contributed by atoms with Crippen LogP contribution in [0.25, 0.3) is 0 Å². The second kappa shape index (κ2) is 14.1. The van der Waals surface area contributed by atoms with Crippen molar-refractivity contribution in [3.63, 3.8) is 0 Å².